The summed E-state index contributed by atoms with van der Waals surface area (Å²) in [4.78, 5) is 0. The molecule has 0 aliphatic heterocycles. The van der Waals surface area contributed by atoms with Gasteiger partial charge in [0, 0.05) is 11.9 Å². The fraction of sp³-hybridized carbons (Fsp3) is 0.588. The Labute approximate surface area is 116 Å². The Balaban J connectivity index is 2.04. The highest BCUT2D eigenvalue weighted by Gasteiger charge is 2.05. The summed E-state index contributed by atoms with van der Waals surface area (Å²) < 4.78 is 2.15. The van der Waals surface area contributed by atoms with Crippen molar-refractivity contribution in [2.45, 2.75) is 59.4 Å². The first-order valence-corrected chi connectivity index (χ1v) is 7.53. The second kappa shape index (κ2) is 6.23. The fourth-order valence-corrected chi connectivity index (χ4v) is 2.46. The molecule has 1 heterocycles. The Morgan fingerprint density at radius 2 is 1.89 bits per heavy atom. The smallest absolute Gasteiger partial charge is 0.0682 e. The molecule has 104 valence electrons. The Morgan fingerprint density at radius 3 is 2.58 bits per heavy atom. The largest absolute Gasteiger partial charge is 0.265 e. The van der Waals surface area contributed by atoms with Crippen LogP contribution in [0.4, 0.5) is 0 Å². The van der Waals surface area contributed by atoms with Crippen molar-refractivity contribution < 1.29 is 0 Å². The third-order valence-electron chi connectivity index (χ3n) is 3.73. The van der Waals surface area contributed by atoms with E-state index in [0.717, 1.165) is 12.5 Å². The van der Waals surface area contributed by atoms with E-state index in [1.807, 2.05) is 6.20 Å². The van der Waals surface area contributed by atoms with Crippen LogP contribution in [0.1, 0.15) is 58.4 Å². The highest BCUT2D eigenvalue weighted by atomic mass is 15.3. The zero-order valence-electron chi connectivity index (χ0n) is 12.7. The van der Waals surface area contributed by atoms with Gasteiger partial charge in [-0.05, 0) is 36.0 Å². The number of benzene rings is 1. The van der Waals surface area contributed by atoms with Gasteiger partial charge in [0.1, 0.15) is 0 Å². The predicted molar refractivity (Wildman–Crippen MR) is 82.5 cm³/mol. The minimum absolute atomic E-state index is 0.582. The molecule has 0 N–H and O–H groups in total. The maximum atomic E-state index is 4.53. The molecule has 0 bridgehead atoms. The topological polar surface area (TPSA) is 17.8 Å². The third-order valence-corrected chi connectivity index (χ3v) is 3.73. The molecule has 0 atom stereocenters. The summed E-state index contributed by atoms with van der Waals surface area (Å²) in [5.41, 5.74) is 2.67. The summed E-state index contributed by atoms with van der Waals surface area (Å²) in [5, 5.41) is 5.80. The van der Waals surface area contributed by atoms with Crippen LogP contribution in [0.2, 0.25) is 0 Å². The molecule has 2 nitrogen and oxygen atoms in total. The summed E-state index contributed by atoms with van der Waals surface area (Å²) in [5.74, 6) is 1.39. The standard InChI is InChI=1S/C17H26N2/c1-13(2)7-5-6-10-19-17-9-8-15(14(3)4)11-16(17)12-18-19/h8-9,11-14H,5-7,10H2,1-4H3. The lowest BCUT2D eigenvalue weighted by Gasteiger charge is -2.07. The van der Waals surface area contributed by atoms with Crippen LogP contribution in [0.3, 0.4) is 0 Å². The summed E-state index contributed by atoms with van der Waals surface area (Å²) in [6.45, 7) is 10.1. The number of nitrogens with zero attached hydrogens (tertiary/aromatic N) is 2. The molecule has 0 amide bonds. The minimum Gasteiger partial charge on any atom is -0.265 e. The predicted octanol–water partition coefficient (Wildman–Crippen LogP) is 4.99. The van der Waals surface area contributed by atoms with Gasteiger partial charge in [-0.25, -0.2) is 0 Å². The van der Waals surface area contributed by atoms with Gasteiger partial charge in [-0.2, -0.15) is 5.10 Å². The van der Waals surface area contributed by atoms with Crippen molar-refractivity contribution >= 4 is 10.9 Å². The van der Waals surface area contributed by atoms with Crippen molar-refractivity contribution in [1.29, 1.82) is 0 Å². The third kappa shape index (κ3) is 3.59. The number of aromatic nitrogens is 2. The monoisotopic (exact) mass is 258 g/mol. The molecule has 1 aromatic heterocycles. The lowest BCUT2D eigenvalue weighted by Crippen LogP contribution is -2.00. The lowest BCUT2D eigenvalue weighted by molar-refractivity contribution is 0.497. The van der Waals surface area contributed by atoms with Gasteiger partial charge in [-0.3, -0.25) is 4.68 Å². The quantitative estimate of drug-likeness (QED) is 0.668. The van der Waals surface area contributed by atoms with Crippen molar-refractivity contribution in [3.05, 3.63) is 30.0 Å². The van der Waals surface area contributed by atoms with E-state index >= 15 is 0 Å². The molecule has 0 aliphatic rings. The van der Waals surface area contributed by atoms with Gasteiger partial charge in [0.2, 0.25) is 0 Å². The van der Waals surface area contributed by atoms with E-state index in [0.29, 0.717) is 5.92 Å². The Bertz CT molecular complexity index is 523. The second-order valence-electron chi connectivity index (χ2n) is 6.23. The molecule has 0 aliphatic carbocycles. The van der Waals surface area contributed by atoms with Crippen molar-refractivity contribution in [2.75, 3.05) is 0 Å². The van der Waals surface area contributed by atoms with E-state index in [1.54, 1.807) is 0 Å². The zero-order valence-corrected chi connectivity index (χ0v) is 12.7. The minimum atomic E-state index is 0.582. The zero-order chi connectivity index (χ0) is 13.8. The normalized spacial score (nSPS) is 11.9. The van der Waals surface area contributed by atoms with E-state index in [1.165, 1.54) is 35.7 Å². The summed E-state index contributed by atoms with van der Waals surface area (Å²) in [6, 6.07) is 6.73. The Morgan fingerprint density at radius 1 is 1.11 bits per heavy atom. The molecular formula is C17H26N2. The van der Waals surface area contributed by atoms with Crippen LogP contribution in [0.5, 0.6) is 0 Å². The van der Waals surface area contributed by atoms with Crippen LogP contribution in [-0.4, -0.2) is 9.78 Å². The highest BCUT2D eigenvalue weighted by molar-refractivity contribution is 5.79. The molecule has 1 aromatic carbocycles. The summed E-state index contributed by atoms with van der Waals surface area (Å²) >= 11 is 0. The number of hydrogen-bond acceptors (Lipinski definition) is 1. The SMILES string of the molecule is CC(C)CCCCn1ncc2cc(C(C)C)ccc21. The summed E-state index contributed by atoms with van der Waals surface area (Å²) in [7, 11) is 0. The van der Waals surface area contributed by atoms with E-state index in [4.69, 9.17) is 0 Å². The molecule has 2 aromatic rings. The molecule has 0 saturated heterocycles. The number of unbranched alkanes of at least 4 members (excludes halogenated alkanes) is 1. The molecule has 19 heavy (non-hydrogen) atoms. The average Bonchev–Trinajstić information content (AvgIpc) is 2.76. The number of rotatable bonds is 6. The lowest BCUT2D eigenvalue weighted by atomic mass is 10.0. The van der Waals surface area contributed by atoms with Crippen molar-refractivity contribution in [3.8, 4) is 0 Å². The molecule has 0 radical (unpaired) electrons. The van der Waals surface area contributed by atoms with Gasteiger partial charge in [0.05, 0.1) is 11.7 Å². The van der Waals surface area contributed by atoms with Gasteiger partial charge < -0.3 is 0 Å². The molecular weight excluding hydrogens is 232 g/mol. The average molecular weight is 258 g/mol. The maximum absolute atomic E-state index is 4.53. The second-order valence-corrected chi connectivity index (χ2v) is 6.23. The Hall–Kier alpha value is -1.31. The van der Waals surface area contributed by atoms with Crippen molar-refractivity contribution in [1.82, 2.24) is 9.78 Å². The van der Waals surface area contributed by atoms with Crippen LogP contribution >= 0.6 is 0 Å². The van der Waals surface area contributed by atoms with Crippen molar-refractivity contribution in [2.24, 2.45) is 5.92 Å². The van der Waals surface area contributed by atoms with E-state index < -0.39 is 0 Å². The number of aryl methyl sites for hydroxylation is 1. The first-order chi connectivity index (χ1) is 9.08. The maximum Gasteiger partial charge on any atom is 0.0682 e. The Kier molecular flexibility index (Phi) is 4.62. The van der Waals surface area contributed by atoms with Gasteiger partial charge in [0.15, 0.2) is 0 Å². The number of fused-ring (bicyclic) bond motifs is 1. The number of hydrogen-bond donors (Lipinski definition) is 0. The van der Waals surface area contributed by atoms with Crippen LogP contribution in [0.15, 0.2) is 24.4 Å². The molecule has 0 spiro atoms. The van der Waals surface area contributed by atoms with Gasteiger partial charge >= 0.3 is 0 Å². The van der Waals surface area contributed by atoms with E-state index in [-0.39, 0.29) is 0 Å². The molecule has 0 unspecified atom stereocenters. The molecule has 2 rings (SSSR count). The van der Waals surface area contributed by atoms with E-state index in [2.05, 4.69) is 55.7 Å². The fourth-order valence-electron chi connectivity index (χ4n) is 2.46. The summed E-state index contributed by atoms with van der Waals surface area (Å²) in [6.07, 6.45) is 5.84. The van der Waals surface area contributed by atoms with Crippen LogP contribution in [0, 0.1) is 5.92 Å². The molecule has 0 fully saturated rings. The van der Waals surface area contributed by atoms with Crippen LogP contribution in [0.25, 0.3) is 10.9 Å². The van der Waals surface area contributed by atoms with Gasteiger partial charge in [-0.1, -0.05) is 46.6 Å². The van der Waals surface area contributed by atoms with Crippen LogP contribution in [-0.2, 0) is 6.54 Å². The molecule has 0 saturated carbocycles. The van der Waals surface area contributed by atoms with Crippen molar-refractivity contribution in [3.63, 3.8) is 0 Å². The first kappa shape index (κ1) is 14.1. The van der Waals surface area contributed by atoms with Gasteiger partial charge in [0.25, 0.3) is 0 Å². The first-order valence-electron chi connectivity index (χ1n) is 7.53. The van der Waals surface area contributed by atoms with Gasteiger partial charge in [-0.15, -0.1) is 0 Å². The molecule has 2 heteroatoms. The van der Waals surface area contributed by atoms with Crippen LogP contribution < -0.4 is 0 Å². The highest BCUT2D eigenvalue weighted by Crippen LogP contribution is 2.21. The van der Waals surface area contributed by atoms with E-state index in [9.17, 15) is 0 Å².